The van der Waals surface area contributed by atoms with Gasteiger partial charge >= 0.3 is 0 Å². The number of benzene rings is 2. The van der Waals surface area contributed by atoms with Gasteiger partial charge in [0.2, 0.25) is 0 Å². The van der Waals surface area contributed by atoms with Gasteiger partial charge in [-0.1, -0.05) is 30.3 Å². The van der Waals surface area contributed by atoms with Gasteiger partial charge in [-0.25, -0.2) is 4.39 Å². The molecule has 2 nitrogen and oxygen atoms in total. The number of aryl methyl sites for hydroxylation is 1. The van der Waals surface area contributed by atoms with Crippen LogP contribution in [0.4, 0.5) is 15.8 Å². The Bertz CT molecular complexity index is 610. The zero-order chi connectivity index (χ0) is 13.9. The molecule has 0 saturated heterocycles. The van der Waals surface area contributed by atoms with Crippen molar-refractivity contribution < 1.29 is 4.39 Å². The summed E-state index contributed by atoms with van der Waals surface area (Å²) in [6.45, 7) is 1.66. The van der Waals surface area contributed by atoms with Crippen molar-refractivity contribution in [2.75, 3.05) is 17.2 Å². The van der Waals surface area contributed by atoms with Crippen molar-refractivity contribution in [1.82, 2.24) is 0 Å². The molecule has 0 fully saturated rings. The Labute approximate surface area is 119 Å². The van der Waals surface area contributed by atoms with Gasteiger partial charge in [0.15, 0.2) is 0 Å². The molecular weight excluding hydrogens is 251 g/mol. The summed E-state index contributed by atoms with van der Waals surface area (Å²) in [7, 11) is 0. The average molecular weight is 270 g/mol. The van der Waals surface area contributed by atoms with Crippen LogP contribution in [0.1, 0.15) is 24.0 Å². The van der Waals surface area contributed by atoms with E-state index in [1.807, 2.05) is 6.07 Å². The second-order valence-electron chi connectivity index (χ2n) is 5.32. The first-order valence-electron chi connectivity index (χ1n) is 7.11. The number of nitrogen functional groups attached to an aromatic ring is 1. The minimum Gasteiger partial charge on any atom is -0.396 e. The van der Waals surface area contributed by atoms with Gasteiger partial charge in [-0.05, 0) is 42.5 Å². The van der Waals surface area contributed by atoms with Gasteiger partial charge in [-0.2, -0.15) is 0 Å². The Morgan fingerprint density at radius 1 is 1.05 bits per heavy atom. The maximum absolute atomic E-state index is 13.6. The molecule has 0 atom stereocenters. The first-order valence-corrected chi connectivity index (χ1v) is 7.11. The lowest BCUT2D eigenvalue weighted by Crippen LogP contribution is -2.24. The van der Waals surface area contributed by atoms with Crippen molar-refractivity contribution in [2.24, 2.45) is 0 Å². The topological polar surface area (TPSA) is 29.3 Å². The highest BCUT2D eigenvalue weighted by Crippen LogP contribution is 2.28. The molecule has 3 heteroatoms. The van der Waals surface area contributed by atoms with Crippen LogP contribution < -0.4 is 10.6 Å². The summed E-state index contributed by atoms with van der Waals surface area (Å²) in [6.07, 6.45) is 3.47. The molecule has 2 aromatic carbocycles. The smallest absolute Gasteiger partial charge is 0.146 e. The fourth-order valence-corrected chi connectivity index (χ4v) is 2.86. The highest BCUT2D eigenvalue weighted by atomic mass is 19.1. The predicted octanol–water partition coefficient (Wildman–Crippen LogP) is 3.75. The Kier molecular flexibility index (Phi) is 3.59. The molecule has 2 N–H and O–H groups in total. The summed E-state index contributed by atoms with van der Waals surface area (Å²) in [4.78, 5) is 2.31. The van der Waals surface area contributed by atoms with Crippen LogP contribution in [-0.4, -0.2) is 6.54 Å². The Balaban J connectivity index is 1.92. The quantitative estimate of drug-likeness (QED) is 0.842. The van der Waals surface area contributed by atoms with E-state index in [1.54, 1.807) is 6.07 Å². The van der Waals surface area contributed by atoms with Crippen LogP contribution in [0, 0.1) is 5.82 Å². The molecule has 0 saturated carbocycles. The summed E-state index contributed by atoms with van der Waals surface area (Å²) in [5.41, 5.74) is 9.63. The summed E-state index contributed by atoms with van der Waals surface area (Å²) in [6, 6.07) is 13.5. The van der Waals surface area contributed by atoms with E-state index in [1.165, 1.54) is 23.7 Å². The highest BCUT2D eigenvalue weighted by molar-refractivity contribution is 5.57. The van der Waals surface area contributed by atoms with Crippen molar-refractivity contribution >= 4 is 11.4 Å². The lowest BCUT2D eigenvalue weighted by molar-refractivity contribution is 0.629. The fourth-order valence-electron chi connectivity index (χ4n) is 2.86. The molecule has 0 bridgehead atoms. The highest BCUT2D eigenvalue weighted by Gasteiger charge is 2.16. The number of hydrogen-bond donors (Lipinski definition) is 1. The third-order valence-electron chi connectivity index (χ3n) is 3.96. The first-order chi connectivity index (χ1) is 9.75. The lowest BCUT2D eigenvalue weighted by Gasteiger charge is -2.25. The van der Waals surface area contributed by atoms with E-state index in [-0.39, 0.29) is 11.5 Å². The number of fused-ring (bicyclic) bond motifs is 1. The predicted molar refractivity (Wildman–Crippen MR) is 81.2 cm³/mol. The molecule has 0 amide bonds. The monoisotopic (exact) mass is 270 g/mol. The van der Waals surface area contributed by atoms with Crippen molar-refractivity contribution in [1.29, 1.82) is 0 Å². The van der Waals surface area contributed by atoms with Crippen LogP contribution in [0.15, 0.2) is 42.5 Å². The van der Waals surface area contributed by atoms with Gasteiger partial charge in [0, 0.05) is 18.8 Å². The van der Waals surface area contributed by atoms with Gasteiger partial charge in [0.05, 0.1) is 5.69 Å². The molecular formula is C17H19FN2. The SMILES string of the molecule is Nc1c(F)cccc1CN1CCCCc2ccccc21. The third kappa shape index (κ3) is 2.48. The normalized spacial score (nSPS) is 14.8. The van der Waals surface area contributed by atoms with Crippen LogP contribution in [0.5, 0.6) is 0 Å². The van der Waals surface area contributed by atoms with Crippen molar-refractivity contribution in [3.63, 3.8) is 0 Å². The molecule has 0 radical (unpaired) electrons. The van der Waals surface area contributed by atoms with Crippen LogP contribution in [-0.2, 0) is 13.0 Å². The summed E-state index contributed by atoms with van der Waals surface area (Å²) >= 11 is 0. The number of rotatable bonds is 2. The average Bonchev–Trinajstić information content (AvgIpc) is 2.67. The number of nitrogens with two attached hydrogens (primary N) is 1. The van der Waals surface area contributed by atoms with Gasteiger partial charge in [-0.15, -0.1) is 0 Å². The molecule has 1 aliphatic rings. The van der Waals surface area contributed by atoms with Crippen LogP contribution in [0.25, 0.3) is 0 Å². The number of nitrogens with zero attached hydrogens (tertiary/aromatic N) is 1. The largest absolute Gasteiger partial charge is 0.396 e. The zero-order valence-electron chi connectivity index (χ0n) is 11.5. The zero-order valence-corrected chi connectivity index (χ0v) is 11.5. The second kappa shape index (κ2) is 5.53. The maximum atomic E-state index is 13.6. The minimum atomic E-state index is -0.328. The van der Waals surface area contributed by atoms with Crippen molar-refractivity contribution in [2.45, 2.75) is 25.8 Å². The molecule has 3 rings (SSSR count). The van der Waals surface area contributed by atoms with Gasteiger partial charge in [0.1, 0.15) is 5.82 Å². The van der Waals surface area contributed by atoms with Crippen LogP contribution in [0.2, 0.25) is 0 Å². The van der Waals surface area contributed by atoms with E-state index in [2.05, 4.69) is 29.2 Å². The standard InChI is InChI=1S/C17H19FN2/c18-15-9-5-8-14(17(15)19)12-20-11-4-3-7-13-6-1-2-10-16(13)20/h1-2,5-6,8-10H,3-4,7,11-12,19H2. The number of para-hydroxylation sites is 2. The fraction of sp³-hybridized carbons (Fsp3) is 0.294. The number of anilines is 2. The lowest BCUT2D eigenvalue weighted by atomic mass is 10.1. The van der Waals surface area contributed by atoms with E-state index < -0.39 is 0 Å². The molecule has 0 unspecified atom stereocenters. The first kappa shape index (κ1) is 13.0. The van der Waals surface area contributed by atoms with E-state index in [9.17, 15) is 4.39 Å². The molecule has 2 aromatic rings. The summed E-state index contributed by atoms with van der Waals surface area (Å²) < 4.78 is 13.6. The van der Waals surface area contributed by atoms with E-state index in [0.29, 0.717) is 6.54 Å². The molecule has 104 valence electrons. The van der Waals surface area contributed by atoms with Crippen LogP contribution >= 0.6 is 0 Å². The number of halogens is 1. The maximum Gasteiger partial charge on any atom is 0.146 e. The molecule has 0 aliphatic carbocycles. The molecule has 0 aromatic heterocycles. The van der Waals surface area contributed by atoms with Gasteiger partial charge in [0.25, 0.3) is 0 Å². The summed E-state index contributed by atoms with van der Waals surface area (Å²) in [5, 5.41) is 0. The number of hydrogen-bond acceptors (Lipinski definition) is 2. The Morgan fingerprint density at radius 3 is 2.80 bits per heavy atom. The third-order valence-corrected chi connectivity index (χ3v) is 3.96. The minimum absolute atomic E-state index is 0.272. The summed E-state index contributed by atoms with van der Waals surface area (Å²) in [5.74, 6) is -0.328. The van der Waals surface area contributed by atoms with Crippen molar-refractivity contribution in [3.05, 3.63) is 59.4 Å². The van der Waals surface area contributed by atoms with Gasteiger partial charge in [-0.3, -0.25) is 0 Å². The molecule has 0 spiro atoms. The van der Waals surface area contributed by atoms with E-state index in [0.717, 1.165) is 24.9 Å². The molecule has 1 heterocycles. The second-order valence-corrected chi connectivity index (χ2v) is 5.32. The van der Waals surface area contributed by atoms with E-state index in [4.69, 9.17) is 5.73 Å². The molecule has 20 heavy (non-hydrogen) atoms. The van der Waals surface area contributed by atoms with Gasteiger partial charge < -0.3 is 10.6 Å². The molecule has 1 aliphatic heterocycles. The van der Waals surface area contributed by atoms with Crippen molar-refractivity contribution in [3.8, 4) is 0 Å². The van der Waals surface area contributed by atoms with E-state index >= 15 is 0 Å². The Morgan fingerprint density at radius 2 is 1.90 bits per heavy atom. The Hall–Kier alpha value is -2.03. The van der Waals surface area contributed by atoms with Crippen LogP contribution in [0.3, 0.4) is 0 Å².